The molecule has 0 bridgehead atoms. The highest BCUT2D eigenvalue weighted by Gasteiger charge is 2.27. The second-order valence-electron chi connectivity index (χ2n) is 7.15. The second-order valence-corrected chi connectivity index (χ2v) is 8.16. The van der Waals surface area contributed by atoms with Gasteiger partial charge in [0, 0.05) is 30.7 Å². The summed E-state index contributed by atoms with van der Waals surface area (Å²) in [5, 5.41) is 15.3. The van der Waals surface area contributed by atoms with Gasteiger partial charge >= 0.3 is 6.03 Å². The molecule has 8 nitrogen and oxygen atoms in total. The number of aromatic nitrogens is 2. The van der Waals surface area contributed by atoms with E-state index in [0.29, 0.717) is 23.8 Å². The maximum absolute atomic E-state index is 12.4. The van der Waals surface area contributed by atoms with Crippen LogP contribution in [0.25, 0.3) is 0 Å². The number of ether oxygens (including phenoxy) is 1. The largest absolute Gasteiger partial charge is 0.497 e. The minimum atomic E-state index is -0.274. The molecule has 3 rings (SSSR count). The Bertz CT molecular complexity index is 831. The molecule has 1 saturated heterocycles. The Kier molecular flexibility index (Phi) is 7.03. The van der Waals surface area contributed by atoms with Gasteiger partial charge in [-0.05, 0) is 50.5 Å². The van der Waals surface area contributed by atoms with Gasteiger partial charge in [0.2, 0.25) is 5.01 Å². The zero-order chi connectivity index (χ0) is 20.8. The molecular weight excluding hydrogens is 390 g/mol. The maximum atomic E-state index is 12.4. The van der Waals surface area contributed by atoms with Crippen molar-refractivity contribution >= 4 is 29.0 Å². The second kappa shape index (κ2) is 9.69. The Morgan fingerprint density at radius 3 is 2.55 bits per heavy atom. The van der Waals surface area contributed by atoms with E-state index in [1.54, 1.807) is 31.4 Å². The van der Waals surface area contributed by atoms with Gasteiger partial charge in [-0.2, -0.15) is 0 Å². The van der Waals surface area contributed by atoms with E-state index in [1.165, 1.54) is 11.3 Å². The van der Waals surface area contributed by atoms with Crippen LogP contribution in [0, 0.1) is 0 Å². The molecule has 2 heterocycles. The SMILES string of the molecule is CC[C@@H](C)NC(=O)N1CCC(c2nnc(C(=O)Nc3ccc(OC)cc3)s2)CC1. The first-order valence-corrected chi connectivity index (χ1v) is 10.7. The minimum absolute atomic E-state index is 0.00498. The molecule has 1 aliphatic heterocycles. The van der Waals surface area contributed by atoms with Gasteiger partial charge in [0.25, 0.3) is 5.91 Å². The van der Waals surface area contributed by atoms with Crippen molar-refractivity contribution in [2.45, 2.75) is 45.1 Å². The molecule has 0 unspecified atom stereocenters. The van der Waals surface area contributed by atoms with Gasteiger partial charge in [0.05, 0.1) is 7.11 Å². The molecule has 0 radical (unpaired) electrons. The first-order valence-electron chi connectivity index (χ1n) is 9.84. The van der Waals surface area contributed by atoms with E-state index in [-0.39, 0.29) is 23.9 Å². The standard InChI is InChI=1S/C20H27N5O3S/c1-4-13(2)21-20(27)25-11-9-14(10-12-25)18-23-24-19(29-18)17(26)22-15-5-7-16(28-3)8-6-15/h5-8,13-14H,4,9-12H2,1-3H3,(H,21,27)(H,22,26)/t13-/m1/s1. The summed E-state index contributed by atoms with van der Waals surface area (Å²) < 4.78 is 5.11. The van der Waals surface area contributed by atoms with Gasteiger partial charge in [-0.15, -0.1) is 10.2 Å². The van der Waals surface area contributed by atoms with Crippen LogP contribution in [0.4, 0.5) is 10.5 Å². The Morgan fingerprint density at radius 2 is 1.93 bits per heavy atom. The molecule has 1 aromatic heterocycles. The van der Waals surface area contributed by atoms with Gasteiger partial charge < -0.3 is 20.3 Å². The van der Waals surface area contributed by atoms with E-state index in [9.17, 15) is 9.59 Å². The van der Waals surface area contributed by atoms with Crippen molar-refractivity contribution in [2.24, 2.45) is 0 Å². The Morgan fingerprint density at radius 1 is 1.24 bits per heavy atom. The third-order valence-electron chi connectivity index (χ3n) is 5.10. The molecule has 2 N–H and O–H groups in total. The number of likely N-dealkylation sites (tertiary alicyclic amines) is 1. The average Bonchev–Trinajstić information content (AvgIpc) is 3.24. The lowest BCUT2D eigenvalue weighted by molar-refractivity contribution is 0.102. The van der Waals surface area contributed by atoms with Crippen molar-refractivity contribution in [1.29, 1.82) is 0 Å². The number of carbonyl (C=O) groups is 2. The number of urea groups is 1. The zero-order valence-corrected chi connectivity index (χ0v) is 17.8. The summed E-state index contributed by atoms with van der Waals surface area (Å²) in [6, 6.07) is 7.29. The van der Waals surface area contributed by atoms with Crippen LogP contribution in [0.5, 0.6) is 5.75 Å². The summed E-state index contributed by atoms with van der Waals surface area (Å²) in [6.45, 7) is 5.42. The number of piperidine rings is 1. The van der Waals surface area contributed by atoms with E-state index in [0.717, 1.165) is 30.0 Å². The van der Waals surface area contributed by atoms with Gasteiger partial charge in [0.1, 0.15) is 10.8 Å². The highest BCUT2D eigenvalue weighted by Crippen LogP contribution is 2.30. The summed E-state index contributed by atoms with van der Waals surface area (Å²) in [5.74, 6) is 0.678. The maximum Gasteiger partial charge on any atom is 0.317 e. The molecule has 1 atom stereocenters. The predicted octanol–water partition coefficient (Wildman–Crippen LogP) is 3.49. The normalized spacial score (nSPS) is 15.6. The Hall–Kier alpha value is -2.68. The highest BCUT2D eigenvalue weighted by molar-refractivity contribution is 7.13. The summed E-state index contributed by atoms with van der Waals surface area (Å²) in [6.07, 6.45) is 2.56. The topological polar surface area (TPSA) is 96.5 Å². The van der Waals surface area contributed by atoms with Gasteiger partial charge in [-0.1, -0.05) is 18.3 Å². The summed E-state index contributed by atoms with van der Waals surface area (Å²) in [5.41, 5.74) is 0.674. The van der Waals surface area contributed by atoms with E-state index < -0.39 is 0 Å². The number of rotatable bonds is 6. The summed E-state index contributed by atoms with van der Waals surface area (Å²) >= 11 is 1.32. The number of methoxy groups -OCH3 is 1. The van der Waals surface area contributed by atoms with Crippen LogP contribution in [0.15, 0.2) is 24.3 Å². The molecule has 156 valence electrons. The number of amides is 3. The van der Waals surface area contributed by atoms with Crippen LogP contribution in [0.2, 0.25) is 0 Å². The first kappa shape index (κ1) is 21.0. The van der Waals surface area contributed by atoms with Crippen molar-refractivity contribution in [3.05, 3.63) is 34.3 Å². The number of hydrogen-bond acceptors (Lipinski definition) is 6. The molecule has 29 heavy (non-hydrogen) atoms. The fourth-order valence-corrected chi connectivity index (χ4v) is 3.99. The van der Waals surface area contributed by atoms with Crippen molar-refractivity contribution < 1.29 is 14.3 Å². The number of nitrogens with zero attached hydrogens (tertiary/aromatic N) is 3. The van der Waals surface area contributed by atoms with Crippen LogP contribution in [-0.2, 0) is 0 Å². The summed E-state index contributed by atoms with van der Waals surface area (Å²) in [7, 11) is 1.60. The van der Waals surface area contributed by atoms with Gasteiger partial charge in [0.15, 0.2) is 0 Å². The number of nitrogens with one attached hydrogen (secondary N) is 2. The molecule has 2 aromatic rings. The molecular formula is C20H27N5O3S. The predicted molar refractivity (Wildman–Crippen MR) is 113 cm³/mol. The van der Waals surface area contributed by atoms with Crippen LogP contribution < -0.4 is 15.4 Å². The first-order chi connectivity index (χ1) is 14.0. The van der Waals surface area contributed by atoms with E-state index >= 15 is 0 Å². The van der Waals surface area contributed by atoms with Crippen molar-refractivity contribution in [1.82, 2.24) is 20.4 Å². The molecule has 0 spiro atoms. The summed E-state index contributed by atoms with van der Waals surface area (Å²) in [4.78, 5) is 26.5. The van der Waals surface area contributed by atoms with Crippen LogP contribution >= 0.6 is 11.3 Å². The number of anilines is 1. The molecule has 1 aliphatic rings. The van der Waals surface area contributed by atoms with Crippen LogP contribution in [0.3, 0.4) is 0 Å². The average molecular weight is 418 g/mol. The Balaban J connectivity index is 1.53. The zero-order valence-electron chi connectivity index (χ0n) is 17.0. The fraction of sp³-hybridized carbons (Fsp3) is 0.500. The van der Waals surface area contributed by atoms with Gasteiger partial charge in [-0.25, -0.2) is 4.79 Å². The number of benzene rings is 1. The molecule has 3 amide bonds. The van der Waals surface area contributed by atoms with Gasteiger partial charge in [-0.3, -0.25) is 4.79 Å². The van der Waals surface area contributed by atoms with Crippen LogP contribution in [0.1, 0.15) is 53.8 Å². The van der Waals surface area contributed by atoms with Crippen molar-refractivity contribution in [3.63, 3.8) is 0 Å². The number of hydrogen-bond donors (Lipinski definition) is 2. The lowest BCUT2D eigenvalue weighted by Gasteiger charge is -2.31. The lowest BCUT2D eigenvalue weighted by atomic mass is 9.98. The van der Waals surface area contributed by atoms with E-state index in [1.807, 2.05) is 11.8 Å². The minimum Gasteiger partial charge on any atom is -0.497 e. The molecule has 9 heteroatoms. The van der Waals surface area contributed by atoms with E-state index in [2.05, 4.69) is 27.8 Å². The quantitative estimate of drug-likeness (QED) is 0.750. The van der Waals surface area contributed by atoms with Crippen LogP contribution in [-0.4, -0.2) is 53.3 Å². The van der Waals surface area contributed by atoms with Crippen molar-refractivity contribution in [3.8, 4) is 5.75 Å². The third kappa shape index (κ3) is 5.44. The fourth-order valence-electron chi connectivity index (χ4n) is 3.08. The third-order valence-corrected chi connectivity index (χ3v) is 6.18. The molecule has 0 saturated carbocycles. The van der Waals surface area contributed by atoms with Crippen molar-refractivity contribution in [2.75, 3.05) is 25.5 Å². The smallest absolute Gasteiger partial charge is 0.317 e. The molecule has 1 aromatic carbocycles. The van der Waals surface area contributed by atoms with E-state index in [4.69, 9.17) is 4.74 Å². The highest BCUT2D eigenvalue weighted by atomic mass is 32.1. The number of carbonyl (C=O) groups excluding carboxylic acids is 2. The lowest BCUT2D eigenvalue weighted by Crippen LogP contribution is -2.46. The Labute approximate surface area is 174 Å². The molecule has 0 aliphatic carbocycles. The monoisotopic (exact) mass is 417 g/mol. The molecule has 1 fully saturated rings.